The fraction of sp³-hybridized carbons (Fsp3) is 0.758. The van der Waals surface area contributed by atoms with Gasteiger partial charge in [-0.15, -0.1) is 0 Å². The predicted octanol–water partition coefficient (Wildman–Crippen LogP) is -3.24. The maximum Gasteiger partial charge on any atom is 0.326 e. The Morgan fingerprint density at radius 1 is 0.566 bits per heavy atom. The quantitative estimate of drug-likeness (QED) is 0.0349. The summed E-state index contributed by atoms with van der Waals surface area (Å²) in [6.45, 7) is 6.20. The largest absolute Gasteiger partial charge is 0.481 e. The van der Waals surface area contributed by atoms with E-state index in [0.717, 1.165) is 0 Å². The van der Waals surface area contributed by atoms with Crippen molar-refractivity contribution in [1.82, 2.24) is 31.9 Å². The molecule has 0 fully saturated rings. The Balaban J connectivity index is 5.74. The van der Waals surface area contributed by atoms with E-state index in [2.05, 4.69) is 31.9 Å². The zero-order valence-electron chi connectivity index (χ0n) is 31.2. The monoisotopic (exact) mass is 759 g/mol. The first-order valence-electron chi connectivity index (χ1n) is 17.9. The van der Waals surface area contributed by atoms with Crippen molar-refractivity contribution >= 4 is 47.4 Å². The first kappa shape index (κ1) is 48.6. The van der Waals surface area contributed by atoms with E-state index in [4.69, 9.17) is 17.2 Å². The Bertz CT molecular complexity index is 1220. The van der Waals surface area contributed by atoms with Crippen molar-refractivity contribution < 1.29 is 53.7 Å². The molecule has 0 unspecified atom stereocenters. The fourth-order valence-electron chi connectivity index (χ4n) is 5.01. The van der Waals surface area contributed by atoms with E-state index in [1.165, 1.54) is 0 Å². The molecule has 0 aromatic rings. The van der Waals surface area contributed by atoms with Gasteiger partial charge in [-0.25, -0.2) is 4.79 Å². The topological polar surface area (TPSA) is 347 Å². The summed E-state index contributed by atoms with van der Waals surface area (Å²) >= 11 is 0. The summed E-state index contributed by atoms with van der Waals surface area (Å²) in [5, 5.41) is 42.8. The van der Waals surface area contributed by atoms with Crippen LogP contribution in [0.25, 0.3) is 0 Å². The number of aliphatic hydroxyl groups excluding tert-OH is 1. The normalized spacial score (nSPS) is 14.5. The Morgan fingerprint density at radius 3 is 1.55 bits per heavy atom. The summed E-state index contributed by atoms with van der Waals surface area (Å²) in [5.41, 5.74) is 16.9. The van der Waals surface area contributed by atoms with Gasteiger partial charge in [0.2, 0.25) is 35.4 Å². The van der Waals surface area contributed by atoms with E-state index in [0.29, 0.717) is 45.2 Å². The van der Waals surface area contributed by atoms with Gasteiger partial charge in [-0.05, 0) is 69.9 Å². The third-order valence-corrected chi connectivity index (χ3v) is 7.82. The van der Waals surface area contributed by atoms with Crippen LogP contribution in [-0.4, -0.2) is 125 Å². The molecule has 20 heteroatoms. The van der Waals surface area contributed by atoms with Crippen LogP contribution < -0.4 is 49.1 Å². The highest BCUT2D eigenvalue weighted by molar-refractivity contribution is 5.96. The molecule has 0 rings (SSSR count). The third-order valence-electron chi connectivity index (χ3n) is 7.82. The minimum Gasteiger partial charge on any atom is -0.481 e. The van der Waals surface area contributed by atoms with E-state index < -0.39 is 103 Å². The van der Waals surface area contributed by atoms with Gasteiger partial charge in [-0.3, -0.25) is 33.6 Å². The van der Waals surface area contributed by atoms with Gasteiger partial charge in [-0.1, -0.05) is 34.1 Å². The van der Waals surface area contributed by atoms with Crippen LogP contribution in [0.3, 0.4) is 0 Å². The van der Waals surface area contributed by atoms with Crippen LogP contribution in [0.5, 0.6) is 0 Å². The second kappa shape index (κ2) is 26.4. The number of aliphatic carboxylic acids is 2. The minimum absolute atomic E-state index is 0.0502. The molecule has 0 radical (unpaired) electrons. The number of amides is 6. The molecule has 0 saturated heterocycles. The summed E-state index contributed by atoms with van der Waals surface area (Å²) in [6.07, 6.45) is 1.79. The highest BCUT2D eigenvalue weighted by Gasteiger charge is 2.32. The van der Waals surface area contributed by atoms with Gasteiger partial charge in [0.1, 0.15) is 30.2 Å². The maximum absolute atomic E-state index is 13.5. The average molecular weight is 760 g/mol. The van der Waals surface area contributed by atoms with Crippen LogP contribution in [0.15, 0.2) is 0 Å². The van der Waals surface area contributed by atoms with Gasteiger partial charge in [-0.2, -0.15) is 0 Å². The highest BCUT2D eigenvalue weighted by atomic mass is 16.4. The van der Waals surface area contributed by atoms with Crippen molar-refractivity contribution in [3.8, 4) is 0 Å². The van der Waals surface area contributed by atoms with Crippen molar-refractivity contribution in [3.05, 3.63) is 0 Å². The molecule has 0 spiro atoms. The van der Waals surface area contributed by atoms with Gasteiger partial charge in [0, 0.05) is 0 Å². The van der Waals surface area contributed by atoms with Crippen molar-refractivity contribution in [3.63, 3.8) is 0 Å². The molecule has 6 amide bonds. The van der Waals surface area contributed by atoms with Crippen LogP contribution in [0.1, 0.15) is 85.5 Å². The SMILES string of the molecule is CC(C)C[C@H](NC(=O)[C@H](CC(=O)O)NC(=O)CNC(=O)[C@H](CC(C)C)NC(=O)[C@H](CCCCN)NC(=O)[C@H](CO)NC(=O)[C@@H](N)CCCCN)C(=O)O. The first-order chi connectivity index (χ1) is 24.9. The number of nitrogens with two attached hydrogens (primary N) is 3. The lowest BCUT2D eigenvalue weighted by Gasteiger charge is -2.26. The molecule has 0 aromatic carbocycles. The molecule has 0 heterocycles. The van der Waals surface area contributed by atoms with E-state index in [1.54, 1.807) is 27.7 Å². The Morgan fingerprint density at radius 2 is 1.04 bits per heavy atom. The maximum atomic E-state index is 13.5. The number of carbonyl (C=O) groups is 8. The second-order valence-corrected chi connectivity index (χ2v) is 13.6. The molecule has 0 aliphatic carbocycles. The van der Waals surface area contributed by atoms with E-state index >= 15 is 0 Å². The number of carboxylic acid groups (broad SMARTS) is 2. The number of rotatable bonds is 28. The van der Waals surface area contributed by atoms with E-state index in [9.17, 15) is 53.7 Å². The van der Waals surface area contributed by atoms with E-state index in [-0.39, 0.29) is 31.1 Å². The molecule has 6 atom stereocenters. The van der Waals surface area contributed by atoms with Gasteiger partial charge in [0.25, 0.3) is 0 Å². The fourth-order valence-corrected chi connectivity index (χ4v) is 5.01. The Labute approximate surface area is 309 Å². The van der Waals surface area contributed by atoms with Gasteiger partial charge < -0.3 is 64.4 Å². The van der Waals surface area contributed by atoms with Crippen LogP contribution in [-0.2, 0) is 38.4 Å². The molecule has 0 aromatic heterocycles. The molecule has 15 N–H and O–H groups in total. The Hall–Kier alpha value is -4.40. The molecule has 0 aliphatic heterocycles. The third kappa shape index (κ3) is 21.0. The predicted molar refractivity (Wildman–Crippen MR) is 192 cm³/mol. The van der Waals surface area contributed by atoms with Crippen molar-refractivity contribution in [2.45, 2.75) is 122 Å². The summed E-state index contributed by atoms with van der Waals surface area (Å²) < 4.78 is 0. The van der Waals surface area contributed by atoms with Crippen LogP contribution in [0.4, 0.5) is 0 Å². The average Bonchev–Trinajstić information content (AvgIpc) is 3.07. The van der Waals surface area contributed by atoms with Crippen LogP contribution in [0.2, 0.25) is 0 Å². The number of carbonyl (C=O) groups excluding carboxylic acids is 6. The van der Waals surface area contributed by atoms with Crippen molar-refractivity contribution in [2.24, 2.45) is 29.0 Å². The van der Waals surface area contributed by atoms with Crippen LogP contribution >= 0.6 is 0 Å². The molecular weight excluding hydrogens is 698 g/mol. The molecule has 20 nitrogen and oxygen atoms in total. The first-order valence-corrected chi connectivity index (χ1v) is 17.9. The van der Waals surface area contributed by atoms with Gasteiger partial charge in [0.05, 0.1) is 25.6 Å². The summed E-state index contributed by atoms with van der Waals surface area (Å²) in [6, 6.07) is -7.81. The number of hydrogen-bond donors (Lipinski definition) is 12. The molecule has 0 saturated carbocycles. The molecule has 304 valence electrons. The number of nitrogens with one attached hydrogen (secondary N) is 6. The zero-order valence-corrected chi connectivity index (χ0v) is 31.2. The zero-order chi connectivity index (χ0) is 40.7. The standard InChI is InChI=1S/C33H61N9O11/c1-18(2)13-22(29(48)37-16-26(44)38-23(15-27(45)46)31(50)41-24(33(52)53)14-19(3)4)40-30(49)21(10-6-8-12-35)39-32(51)25(17-43)42-28(47)20(36)9-5-7-11-34/h18-25,43H,5-17,34-36H2,1-4H3,(H,37,48)(H,38,44)(H,39,51)(H,40,49)(H,41,50)(H,42,47)(H,45,46)(H,52,53)/t20-,21-,22-,23-,24-,25-/m0/s1. The summed E-state index contributed by atoms with van der Waals surface area (Å²) in [7, 11) is 0. The van der Waals surface area contributed by atoms with Gasteiger partial charge in [0.15, 0.2) is 0 Å². The summed E-state index contributed by atoms with van der Waals surface area (Å²) in [4.78, 5) is 101. The Kier molecular flexibility index (Phi) is 24.2. The molecule has 53 heavy (non-hydrogen) atoms. The molecule has 0 bridgehead atoms. The smallest absolute Gasteiger partial charge is 0.326 e. The number of hydrogen-bond acceptors (Lipinski definition) is 12. The molecular formula is C33H61N9O11. The van der Waals surface area contributed by atoms with Crippen LogP contribution in [0, 0.1) is 11.8 Å². The van der Waals surface area contributed by atoms with Crippen molar-refractivity contribution in [1.29, 1.82) is 0 Å². The van der Waals surface area contributed by atoms with E-state index in [1.807, 2.05) is 0 Å². The van der Waals surface area contributed by atoms with Gasteiger partial charge >= 0.3 is 11.9 Å². The molecule has 0 aliphatic rings. The minimum atomic E-state index is -1.66. The lowest BCUT2D eigenvalue weighted by molar-refractivity contribution is -0.143. The van der Waals surface area contributed by atoms with Crippen molar-refractivity contribution in [2.75, 3.05) is 26.2 Å². The highest BCUT2D eigenvalue weighted by Crippen LogP contribution is 2.09. The lowest BCUT2D eigenvalue weighted by Crippen LogP contribution is -2.59. The summed E-state index contributed by atoms with van der Waals surface area (Å²) in [5.74, 6) is -8.19. The number of aliphatic hydroxyl groups is 1. The lowest BCUT2D eigenvalue weighted by atomic mass is 10.0. The number of carboxylic acids is 2. The number of unbranched alkanes of at least 4 members (excludes halogenated alkanes) is 2. The second-order valence-electron chi connectivity index (χ2n) is 13.6.